The van der Waals surface area contributed by atoms with E-state index in [2.05, 4.69) is 29.2 Å². The molecule has 2 aromatic rings. The first-order valence-corrected chi connectivity index (χ1v) is 8.10. The van der Waals surface area contributed by atoms with Crippen LogP contribution in [0, 0.1) is 11.8 Å². The van der Waals surface area contributed by atoms with Crippen molar-refractivity contribution < 1.29 is 4.79 Å². The minimum absolute atomic E-state index is 0.00123. The van der Waals surface area contributed by atoms with E-state index in [1.165, 1.54) is 6.42 Å². The summed E-state index contributed by atoms with van der Waals surface area (Å²) in [6.07, 6.45) is 6.49. The third kappa shape index (κ3) is 3.70. The molecule has 2 atom stereocenters. The molecule has 2 amide bonds. The second-order valence-corrected chi connectivity index (χ2v) is 6.45. The van der Waals surface area contributed by atoms with Crippen LogP contribution in [0.1, 0.15) is 25.8 Å². The fraction of sp³-hybridized carbons (Fsp3) is 0.471. The van der Waals surface area contributed by atoms with Crippen molar-refractivity contribution in [1.82, 2.24) is 25.0 Å². The number of hydrogen-bond acceptors (Lipinski definition) is 3. The summed E-state index contributed by atoms with van der Waals surface area (Å²) in [6, 6.07) is 5.69. The summed E-state index contributed by atoms with van der Waals surface area (Å²) < 4.78 is 1.71. The molecule has 1 aliphatic heterocycles. The number of urea groups is 1. The van der Waals surface area contributed by atoms with Gasteiger partial charge >= 0.3 is 6.03 Å². The molecule has 2 aromatic heterocycles. The number of amides is 2. The normalized spacial score (nSPS) is 21.2. The van der Waals surface area contributed by atoms with Gasteiger partial charge in [-0.3, -0.25) is 0 Å². The van der Waals surface area contributed by atoms with Crippen LogP contribution in [0.15, 0.2) is 36.8 Å². The van der Waals surface area contributed by atoms with Gasteiger partial charge in [-0.1, -0.05) is 19.9 Å². The number of piperidine rings is 1. The molecule has 1 fully saturated rings. The summed E-state index contributed by atoms with van der Waals surface area (Å²) >= 11 is 0. The number of aromatic nitrogens is 3. The SMILES string of the molecule is CC1CC(C)CN(C(=O)NCc2cccnc2-n2cccn2)C1. The summed E-state index contributed by atoms with van der Waals surface area (Å²) in [5.41, 5.74) is 0.947. The molecule has 0 aliphatic carbocycles. The Kier molecular flexibility index (Phi) is 4.60. The molecule has 0 radical (unpaired) electrons. The lowest BCUT2D eigenvalue weighted by Crippen LogP contribution is -2.47. The number of hydrogen-bond donors (Lipinski definition) is 1. The van der Waals surface area contributed by atoms with Gasteiger partial charge in [-0.25, -0.2) is 14.5 Å². The molecule has 122 valence electrons. The molecule has 23 heavy (non-hydrogen) atoms. The lowest BCUT2D eigenvalue weighted by Gasteiger charge is -2.35. The number of carbonyl (C=O) groups excluding carboxylic acids is 1. The molecule has 0 bridgehead atoms. The zero-order valence-corrected chi connectivity index (χ0v) is 13.6. The van der Waals surface area contributed by atoms with Crippen molar-refractivity contribution in [3.63, 3.8) is 0 Å². The van der Waals surface area contributed by atoms with Gasteiger partial charge in [0.15, 0.2) is 5.82 Å². The lowest BCUT2D eigenvalue weighted by molar-refractivity contribution is 0.146. The largest absolute Gasteiger partial charge is 0.334 e. The van der Waals surface area contributed by atoms with Gasteiger partial charge < -0.3 is 10.2 Å². The number of nitrogens with one attached hydrogen (secondary N) is 1. The smallest absolute Gasteiger partial charge is 0.317 e. The van der Waals surface area contributed by atoms with E-state index < -0.39 is 0 Å². The van der Waals surface area contributed by atoms with Gasteiger partial charge in [-0.15, -0.1) is 0 Å². The van der Waals surface area contributed by atoms with E-state index in [0.717, 1.165) is 24.5 Å². The molecule has 3 rings (SSSR count). The predicted molar refractivity (Wildman–Crippen MR) is 88.1 cm³/mol. The molecule has 6 nitrogen and oxygen atoms in total. The molecule has 0 spiro atoms. The van der Waals surface area contributed by atoms with E-state index in [1.807, 2.05) is 29.3 Å². The van der Waals surface area contributed by atoms with Crippen molar-refractivity contribution >= 4 is 6.03 Å². The van der Waals surface area contributed by atoms with Gasteiger partial charge in [0.1, 0.15) is 0 Å². The van der Waals surface area contributed by atoms with Gasteiger partial charge in [0.05, 0.1) is 0 Å². The number of carbonyl (C=O) groups is 1. The number of likely N-dealkylation sites (tertiary alicyclic amines) is 1. The second kappa shape index (κ2) is 6.81. The van der Waals surface area contributed by atoms with Crippen LogP contribution in [-0.4, -0.2) is 38.8 Å². The molecule has 6 heteroatoms. The topological polar surface area (TPSA) is 63.1 Å². The minimum Gasteiger partial charge on any atom is -0.334 e. The summed E-state index contributed by atoms with van der Waals surface area (Å²) in [5, 5.41) is 7.23. The fourth-order valence-electron chi connectivity index (χ4n) is 3.28. The van der Waals surface area contributed by atoms with Crippen molar-refractivity contribution in [3.05, 3.63) is 42.4 Å². The highest BCUT2D eigenvalue weighted by atomic mass is 16.2. The summed E-state index contributed by atoms with van der Waals surface area (Å²) in [5.74, 6) is 1.86. The highest BCUT2D eigenvalue weighted by Crippen LogP contribution is 2.21. The molecular formula is C17H23N5O. The third-order valence-corrected chi connectivity index (χ3v) is 4.18. The first-order chi connectivity index (χ1) is 11.1. The molecular weight excluding hydrogens is 290 g/mol. The molecule has 1 saturated heterocycles. The van der Waals surface area contributed by atoms with Gasteiger partial charge in [0.25, 0.3) is 0 Å². The summed E-state index contributed by atoms with van der Waals surface area (Å²) in [4.78, 5) is 18.7. The monoisotopic (exact) mass is 313 g/mol. The van der Waals surface area contributed by atoms with E-state index in [4.69, 9.17) is 0 Å². The van der Waals surface area contributed by atoms with Crippen LogP contribution in [0.2, 0.25) is 0 Å². The van der Waals surface area contributed by atoms with Crippen LogP contribution in [0.4, 0.5) is 4.79 Å². The molecule has 1 aliphatic rings. The van der Waals surface area contributed by atoms with Crippen molar-refractivity contribution in [2.45, 2.75) is 26.8 Å². The van der Waals surface area contributed by atoms with Crippen LogP contribution in [0.3, 0.4) is 0 Å². The molecule has 2 unspecified atom stereocenters. The number of rotatable bonds is 3. The Morgan fingerprint density at radius 3 is 2.74 bits per heavy atom. The number of pyridine rings is 1. The standard InChI is InChI=1S/C17H23N5O/c1-13-9-14(2)12-21(11-13)17(23)19-10-15-5-3-6-18-16(15)22-8-4-7-20-22/h3-8,13-14H,9-12H2,1-2H3,(H,19,23). The average Bonchev–Trinajstić information content (AvgIpc) is 3.06. The molecule has 1 N–H and O–H groups in total. The molecule has 3 heterocycles. The minimum atomic E-state index is -0.00123. The maximum Gasteiger partial charge on any atom is 0.317 e. The lowest BCUT2D eigenvalue weighted by atomic mass is 9.92. The first kappa shape index (κ1) is 15.5. The zero-order valence-electron chi connectivity index (χ0n) is 13.6. The van der Waals surface area contributed by atoms with Gasteiger partial charge in [0, 0.05) is 43.8 Å². The van der Waals surface area contributed by atoms with Gasteiger partial charge in [-0.05, 0) is 30.4 Å². The van der Waals surface area contributed by atoms with Crippen LogP contribution in [0.25, 0.3) is 5.82 Å². The Morgan fingerprint density at radius 1 is 1.26 bits per heavy atom. The molecule has 0 aromatic carbocycles. The first-order valence-electron chi connectivity index (χ1n) is 8.10. The Bertz CT molecular complexity index is 645. The number of nitrogens with zero attached hydrogens (tertiary/aromatic N) is 4. The third-order valence-electron chi connectivity index (χ3n) is 4.18. The second-order valence-electron chi connectivity index (χ2n) is 6.45. The van der Waals surface area contributed by atoms with Crippen molar-refractivity contribution in [1.29, 1.82) is 0 Å². The van der Waals surface area contributed by atoms with Crippen molar-refractivity contribution in [3.8, 4) is 5.82 Å². The Labute approximate surface area is 136 Å². The maximum absolute atomic E-state index is 12.4. The van der Waals surface area contributed by atoms with E-state index in [0.29, 0.717) is 18.4 Å². The van der Waals surface area contributed by atoms with E-state index >= 15 is 0 Å². The highest BCUT2D eigenvalue weighted by molar-refractivity contribution is 5.74. The van der Waals surface area contributed by atoms with E-state index in [1.54, 1.807) is 17.1 Å². The zero-order chi connectivity index (χ0) is 16.2. The van der Waals surface area contributed by atoms with Gasteiger partial charge in [-0.2, -0.15) is 5.10 Å². The van der Waals surface area contributed by atoms with Crippen LogP contribution >= 0.6 is 0 Å². The summed E-state index contributed by atoms with van der Waals surface area (Å²) in [7, 11) is 0. The van der Waals surface area contributed by atoms with Crippen molar-refractivity contribution in [2.75, 3.05) is 13.1 Å². The van der Waals surface area contributed by atoms with Crippen LogP contribution in [0.5, 0.6) is 0 Å². The van der Waals surface area contributed by atoms with E-state index in [-0.39, 0.29) is 6.03 Å². The van der Waals surface area contributed by atoms with Gasteiger partial charge in [0.2, 0.25) is 0 Å². The summed E-state index contributed by atoms with van der Waals surface area (Å²) in [6.45, 7) is 6.51. The highest BCUT2D eigenvalue weighted by Gasteiger charge is 2.25. The quantitative estimate of drug-likeness (QED) is 0.947. The molecule has 0 saturated carbocycles. The predicted octanol–water partition coefficient (Wildman–Crippen LogP) is 2.45. The van der Waals surface area contributed by atoms with E-state index in [9.17, 15) is 4.79 Å². The van der Waals surface area contributed by atoms with Crippen molar-refractivity contribution in [2.24, 2.45) is 11.8 Å². The Balaban J connectivity index is 1.66. The maximum atomic E-state index is 12.4. The Hall–Kier alpha value is -2.37. The van der Waals surface area contributed by atoms with Crippen LogP contribution in [-0.2, 0) is 6.54 Å². The Morgan fingerprint density at radius 2 is 2.04 bits per heavy atom. The average molecular weight is 313 g/mol. The van der Waals surface area contributed by atoms with Crippen LogP contribution < -0.4 is 5.32 Å². The fourth-order valence-corrected chi connectivity index (χ4v) is 3.28.